The molecule has 0 fully saturated rings. The zero-order valence-corrected chi connectivity index (χ0v) is 21.7. The summed E-state index contributed by atoms with van der Waals surface area (Å²) in [6, 6.07) is 14.4. The van der Waals surface area contributed by atoms with Gasteiger partial charge in [0, 0.05) is 29.1 Å². The maximum absolute atomic E-state index is 13.2. The van der Waals surface area contributed by atoms with Gasteiger partial charge in [0.15, 0.2) is 5.13 Å². The Bertz CT molecular complexity index is 1270. The van der Waals surface area contributed by atoms with Crippen LogP contribution in [-0.4, -0.2) is 36.7 Å². The first-order valence-electron chi connectivity index (χ1n) is 11.6. The Balaban J connectivity index is 1.50. The van der Waals surface area contributed by atoms with Gasteiger partial charge in [-0.1, -0.05) is 52.0 Å². The monoisotopic (exact) mass is 497 g/mol. The number of anilines is 1. The van der Waals surface area contributed by atoms with Crippen LogP contribution in [0.5, 0.6) is 0 Å². The lowest BCUT2D eigenvalue weighted by atomic mass is 9.94. The van der Waals surface area contributed by atoms with Crippen LogP contribution in [0.25, 0.3) is 11.3 Å². The molecule has 3 aromatic rings. The molecule has 34 heavy (non-hydrogen) atoms. The van der Waals surface area contributed by atoms with E-state index in [-0.39, 0.29) is 22.6 Å². The van der Waals surface area contributed by atoms with Crippen LogP contribution in [0.15, 0.2) is 53.4 Å². The molecule has 0 aliphatic heterocycles. The molecular weight excluding hydrogens is 466 g/mol. The minimum absolute atomic E-state index is 0.201. The Labute approximate surface area is 206 Å². The predicted molar refractivity (Wildman–Crippen MR) is 138 cm³/mol. The first kappa shape index (κ1) is 24.6. The average Bonchev–Trinajstić information content (AvgIpc) is 3.21. The van der Waals surface area contributed by atoms with Gasteiger partial charge in [-0.05, 0) is 54.5 Å². The summed E-state index contributed by atoms with van der Waals surface area (Å²) in [7, 11) is -3.63. The predicted octanol–water partition coefficient (Wildman–Crippen LogP) is 5.46. The zero-order chi connectivity index (χ0) is 24.5. The van der Waals surface area contributed by atoms with E-state index in [2.05, 4.69) is 22.4 Å². The van der Waals surface area contributed by atoms with Crippen LogP contribution in [0.4, 0.5) is 5.13 Å². The molecular formula is C26H31N3O3S2. The summed E-state index contributed by atoms with van der Waals surface area (Å²) in [5, 5.41) is 3.45. The second kappa shape index (κ2) is 9.98. The molecule has 0 radical (unpaired) electrons. The molecule has 180 valence electrons. The van der Waals surface area contributed by atoms with Crippen LogP contribution in [0.1, 0.15) is 48.5 Å². The second-order valence-corrected chi connectivity index (χ2v) is 12.6. The summed E-state index contributed by atoms with van der Waals surface area (Å²) in [5.41, 5.74) is 3.74. The number of aryl methyl sites for hydroxylation is 2. The molecule has 4 rings (SSSR count). The highest BCUT2D eigenvalue weighted by Crippen LogP contribution is 2.38. The van der Waals surface area contributed by atoms with E-state index in [0.29, 0.717) is 23.8 Å². The summed E-state index contributed by atoms with van der Waals surface area (Å²) < 4.78 is 27.9. The van der Waals surface area contributed by atoms with Gasteiger partial charge in [0.1, 0.15) is 0 Å². The van der Waals surface area contributed by atoms with E-state index < -0.39 is 10.0 Å². The number of nitrogens with zero attached hydrogens (tertiary/aromatic N) is 2. The van der Waals surface area contributed by atoms with Gasteiger partial charge in [0.2, 0.25) is 10.0 Å². The molecule has 0 saturated carbocycles. The van der Waals surface area contributed by atoms with Crippen molar-refractivity contribution in [1.29, 1.82) is 0 Å². The third-order valence-electron chi connectivity index (χ3n) is 5.70. The van der Waals surface area contributed by atoms with Gasteiger partial charge in [0.05, 0.1) is 10.6 Å². The number of hydrogen-bond donors (Lipinski definition) is 1. The molecule has 8 heteroatoms. The molecule has 0 saturated heterocycles. The number of carbonyl (C=O) groups excluding carboxylic acids is 1. The summed E-state index contributed by atoms with van der Waals surface area (Å²) in [4.78, 5) is 18.9. The van der Waals surface area contributed by atoms with Crippen molar-refractivity contribution in [3.8, 4) is 11.3 Å². The van der Waals surface area contributed by atoms with Crippen LogP contribution < -0.4 is 5.32 Å². The highest BCUT2D eigenvalue weighted by Gasteiger charge is 2.26. The summed E-state index contributed by atoms with van der Waals surface area (Å²) >= 11 is 1.50. The molecule has 0 spiro atoms. The Morgan fingerprint density at radius 1 is 1.00 bits per heavy atom. The number of sulfonamides is 1. The quantitative estimate of drug-likeness (QED) is 0.448. The summed E-state index contributed by atoms with van der Waals surface area (Å²) in [6.07, 6.45) is 1.88. The van der Waals surface area contributed by atoms with Gasteiger partial charge < -0.3 is 0 Å². The third-order valence-corrected chi connectivity index (χ3v) is 8.58. The van der Waals surface area contributed by atoms with Crippen molar-refractivity contribution in [1.82, 2.24) is 9.29 Å². The number of fused-ring (bicyclic) bond motifs is 3. The fourth-order valence-corrected chi connectivity index (χ4v) is 6.92. The average molecular weight is 498 g/mol. The molecule has 1 N–H and O–H groups in total. The fraction of sp³-hybridized carbons (Fsp3) is 0.385. The second-order valence-electron chi connectivity index (χ2n) is 9.54. The number of amides is 1. The van der Waals surface area contributed by atoms with Crippen molar-refractivity contribution in [3.63, 3.8) is 0 Å². The Hall–Kier alpha value is -2.55. The lowest BCUT2D eigenvalue weighted by Crippen LogP contribution is -2.37. The standard InChI is InChI=1S/C26H31N3O3S2/c1-17(2)15-29(16-18(3)4)34(31,32)21-12-9-20(10-13-21)25(30)28-26-27-24-22-8-6-5-7-19(22)11-14-23(24)33-26/h5-10,12-13,17-18H,11,14-16H2,1-4H3,(H,27,28,30). The summed E-state index contributed by atoms with van der Waals surface area (Å²) in [6.45, 7) is 8.94. The van der Waals surface area contributed by atoms with Crippen molar-refractivity contribution in [3.05, 3.63) is 64.5 Å². The smallest absolute Gasteiger partial charge is 0.257 e. The van der Waals surface area contributed by atoms with Crippen molar-refractivity contribution < 1.29 is 13.2 Å². The van der Waals surface area contributed by atoms with E-state index in [9.17, 15) is 13.2 Å². The minimum Gasteiger partial charge on any atom is -0.298 e. The van der Waals surface area contributed by atoms with Crippen LogP contribution >= 0.6 is 11.3 Å². The SMILES string of the molecule is CC(C)CN(CC(C)C)S(=O)(=O)c1ccc(C(=O)Nc2nc3c(s2)CCc2ccccc2-3)cc1. The van der Waals surface area contributed by atoms with E-state index in [4.69, 9.17) is 0 Å². The lowest BCUT2D eigenvalue weighted by Gasteiger charge is -2.25. The lowest BCUT2D eigenvalue weighted by molar-refractivity contribution is 0.102. The van der Waals surface area contributed by atoms with Crippen molar-refractivity contribution in [2.24, 2.45) is 11.8 Å². The Morgan fingerprint density at radius 3 is 2.29 bits per heavy atom. The number of carbonyl (C=O) groups is 1. The highest BCUT2D eigenvalue weighted by molar-refractivity contribution is 7.89. The van der Waals surface area contributed by atoms with E-state index in [1.807, 2.05) is 39.8 Å². The number of hydrogen-bond acceptors (Lipinski definition) is 5. The maximum atomic E-state index is 13.2. The Kier molecular flexibility index (Phi) is 7.21. The van der Waals surface area contributed by atoms with Gasteiger partial charge in [0.25, 0.3) is 5.91 Å². The van der Waals surface area contributed by atoms with Crippen molar-refractivity contribution >= 4 is 32.4 Å². The molecule has 1 aliphatic rings. The zero-order valence-electron chi connectivity index (χ0n) is 20.0. The number of benzene rings is 2. The highest BCUT2D eigenvalue weighted by atomic mass is 32.2. The van der Waals surface area contributed by atoms with Crippen LogP contribution in [0.2, 0.25) is 0 Å². The molecule has 1 aliphatic carbocycles. The molecule has 0 bridgehead atoms. The number of nitrogens with one attached hydrogen (secondary N) is 1. The van der Waals surface area contributed by atoms with Crippen LogP contribution in [0, 0.1) is 11.8 Å². The minimum atomic E-state index is -3.63. The number of aromatic nitrogens is 1. The van der Waals surface area contributed by atoms with E-state index in [1.165, 1.54) is 38.2 Å². The van der Waals surface area contributed by atoms with Gasteiger partial charge in [-0.2, -0.15) is 4.31 Å². The van der Waals surface area contributed by atoms with Gasteiger partial charge >= 0.3 is 0 Å². The molecule has 6 nitrogen and oxygen atoms in total. The van der Waals surface area contributed by atoms with E-state index in [0.717, 1.165) is 24.1 Å². The topological polar surface area (TPSA) is 79.4 Å². The molecule has 1 heterocycles. The molecule has 0 unspecified atom stereocenters. The van der Waals surface area contributed by atoms with Gasteiger partial charge in [-0.25, -0.2) is 13.4 Å². The maximum Gasteiger partial charge on any atom is 0.257 e. The number of rotatable bonds is 8. The van der Waals surface area contributed by atoms with E-state index in [1.54, 1.807) is 12.1 Å². The molecule has 0 atom stereocenters. The molecule has 1 amide bonds. The summed E-state index contributed by atoms with van der Waals surface area (Å²) in [5.74, 6) is 0.133. The Morgan fingerprint density at radius 2 is 1.65 bits per heavy atom. The third kappa shape index (κ3) is 5.24. The van der Waals surface area contributed by atoms with Gasteiger partial charge in [-0.15, -0.1) is 11.3 Å². The van der Waals surface area contributed by atoms with Gasteiger partial charge in [-0.3, -0.25) is 10.1 Å². The molecule has 1 aromatic heterocycles. The van der Waals surface area contributed by atoms with Crippen molar-refractivity contribution in [2.75, 3.05) is 18.4 Å². The molecule has 2 aromatic carbocycles. The fourth-order valence-electron chi connectivity index (χ4n) is 4.18. The first-order valence-corrected chi connectivity index (χ1v) is 13.9. The van der Waals surface area contributed by atoms with E-state index >= 15 is 0 Å². The van der Waals surface area contributed by atoms with Crippen molar-refractivity contribution in [2.45, 2.75) is 45.4 Å². The number of thiazole rings is 1. The van der Waals surface area contributed by atoms with Crippen LogP contribution in [0.3, 0.4) is 0 Å². The largest absolute Gasteiger partial charge is 0.298 e. The normalized spacial score (nSPS) is 13.3. The first-order chi connectivity index (χ1) is 16.1. The van der Waals surface area contributed by atoms with Crippen LogP contribution in [-0.2, 0) is 22.9 Å².